The Morgan fingerprint density at radius 2 is 1.89 bits per heavy atom. The zero-order valence-electron chi connectivity index (χ0n) is 20.6. The van der Waals surface area contributed by atoms with E-state index in [0.29, 0.717) is 11.8 Å². The number of imidazole rings is 1. The molecule has 1 fully saturated rings. The van der Waals surface area contributed by atoms with Crippen LogP contribution in [0, 0.1) is 0 Å². The molecule has 0 bridgehead atoms. The fourth-order valence-corrected chi connectivity index (χ4v) is 4.79. The maximum atomic E-state index is 13.0. The van der Waals surface area contributed by atoms with Crippen LogP contribution in [0.2, 0.25) is 0 Å². The first-order valence-electron chi connectivity index (χ1n) is 12.2. The summed E-state index contributed by atoms with van der Waals surface area (Å²) < 4.78 is 40.8. The topological polar surface area (TPSA) is 101 Å². The van der Waals surface area contributed by atoms with E-state index in [1.165, 1.54) is 0 Å². The predicted octanol–water partition coefficient (Wildman–Crippen LogP) is 5.36. The van der Waals surface area contributed by atoms with E-state index < -0.39 is 17.6 Å². The summed E-state index contributed by atoms with van der Waals surface area (Å²) in [4.78, 5) is 28.0. The van der Waals surface area contributed by atoms with E-state index in [4.69, 9.17) is 10.7 Å². The number of carbonyl (C=O) groups is 1. The van der Waals surface area contributed by atoms with Crippen molar-refractivity contribution in [3.8, 4) is 11.4 Å². The highest BCUT2D eigenvalue weighted by Crippen LogP contribution is 2.34. The van der Waals surface area contributed by atoms with Gasteiger partial charge in [0.2, 0.25) is 5.95 Å². The number of nitrogen functional groups attached to an aromatic ring is 1. The van der Waals surface area contributed by atoms with Gasteiger partial charge in [-0.05, 0) is 56.3 Å². The molecule has 196 valence electrons. The lowest BCUT2D eigenvalue weighted by molar-refractivity contribution is -0.137. The molecule has 0 aliphatic carbocycles. The van der Waals surface area contributed by atoms with Crippen LogP contribution in [-0.2, 0) is 6.18 Å². The number of anilines is 2. The molecule has 1 unspecified atom stereocenters. The molecule has 1 aliphatic rings. The van der Waals surface area contributed by atoms with Gasteiger partial charge in [0.1, 0.15) is 11.6 Å². The third kappa shape index (κ3) is 5.04. The van der Waals surface area contributed by atoms with Gasteiger partial charge in [0.05, 0.1) is 16.8 Å². The molecule has 1 aromatic carbocycles. The lowest BCUT2D eigenvalue weighted by atomic mass is 9.94. The summed E-state index contributed by atoms with van der Waals surface area (Å²) in [6.45, 7) is 3.85. The molecule has 1 aliphatic heterocycles. The average Bonchev–Trinajstić information content (AvgIpc) is 3.30. The van der Waals surface area contributed by atoms with Gasteiger partial charge < -0.3 is 16.0 Å². The summed E-state index contributed by atoms with van der Waals surface area (Å²) in [6, 6.07) is 10.2. The number of fused-ring (bicyclic) bond motifs is 1. The number of nitrogens with two attached hydrogens (primary N) is 1. The summed E-state index contributed by atoms with van der Waals surface area (Å²) in [7, 11) is 0. The number of allylic oxidation sites excluding steroid dienone is 1. The molecule has 0 saturated carbocycles. The van der Waals surface area contributed by atoms with E-state index in [9.17, 15) is 18.0 Å². The fourth-order valence-electron chi connectivity index (χ4n) is 4.79. The quantitative estimate of drug-likeness (QED) is 0.367. The number of halogens is 3. The van der Waals surface area contributed by atoms with Crippen molar-refractivity contribution in [1.82, 2.24) is 24.3 Å². The largest absolute Gasteiger partial charge is 0.416 e. The van der Waals surface area contributed by atoms with Crippen molar-refractivity contribution in [2.45, 2.75) is 31.9 Å². The van der Waals surface area contributed by atoms with E-state index in [0.717, 1.165) is 61.0 Å². The molecule has 11 heteroatoms. The van der Waals surface area contributed by atoms with Gasteiger partial charge in [0, 0.05) is 42.5 Å². The molecule has 4 heterocycles. The second-order valence-corrected chi connectivity index (χ2v) is 9.12. The Bertz CT molecular complexity index is 1500. The number of piperidine rings is 1. The molecule has 0 radical (unpaired) electrons. The van der Waals surface area contributed by atoms with Crippen molar-refractivity contribution in [3.05, 3.63) is 84.0 Å². The second kappa shape index (κ2) is 10.2. The maximum Gasteiger partial charge on any atom is 0.416 e. The third-order valence-electron chi connectivity index (χ3n) is 6.54. The van der Waals surface area contributed by atoms with Gasteiger partial charge in [-0.15, -0.1) is 0 Å². The second-order valence-electron chi connectivity index (χ2n) is 9.12. The lowest BCUT2D eigenvalue weighted by Crippen LogP contribution is -2.30. The molecule has 3 aromatic heterocycles. The van der Waals surface area contributed by atoms with Crippen LogP contribution in [0.1, 0.15) is 47.3 Å². The van der Waals surface area contributed by atoms with Crippen LogP contribution in [0.15, 0.2) is 67.1 Å². The highest BCUT2D eigenvalue weighted by Gasteiger charge is 2.31. The number of amides is 1. The van der Waals surface area contributed by atoms with E-state index >= 15 is 0 Å². The Morgan fingerprint density at radius 1 is 1.13 bits per heavy atom. The van der Waals surface area contributed by atoms with Gasteiger partial charge in [0.25, 0.3) is 5.91 Å². The van der Waals surface area contributed by atoms with Gasteiger partial charge in [-0.1, -0.05) is 18.2 Å². The molecular weight excluding hydrogens is 495 g/mol. The average molecular weight is 522 g/mol. The monoisotopic (exact) mass is 521 g/mol. The van der Waals surface area contributed by atoms with Crippen molar-refractivity contribution in [3.63, 3.8) is 0 Å². The van der Waals surface area contributed by atoms with E-state index in [1.54, 1.807) is 30.5 Å². The van der Waals surface area contributed by atoms with Crippen LogP contribution >= 0.6 is 0 Å². The van der Waals surface area contributed by atoms with Crippen molar-refractivity contribution >= 4 is 23.2 Å². The number of aromatic nitrogens is 4. The van der Waals surface area contributed by atoms with Gasteiger partial charge in [-0.25, -0.2) is 15.0 Å². The van der Waals surface area contributed by atoms with Crippen molar-refractivity contribution < 1.29 is 18.0 Å². The van der Waals surface area contributed by atoms with Gasteiger partial charge in [-0.3, -0.25) is 9.20 Å². The van der Waals surface area contributed by atoms with E-state index in [-0.39, 0.29) is 17.3 Å². The SMILES string of the molecule is CC=CN1CCCC(c2nc(-c3ccc(C(=O)Nc4cc(C(F)(F)F)ccn4)cc3)n3c(N)nccc23)C1. The predicted molar refractivity (Wildman–Crippen MR) is 138 cm³/mol. The first kappa shape index (κ1) is 25.2. The normalized spacial score (nSPS) is 16.3. The highest BCUT2D eigenvalue weighted by atomic mass is 19.4. The van der Waals surface area contributed by atoms with Crippen molar-refractivity contribution in [2.75, 3.05) is 24.1 Å². The first-order valence-corrected chi connectivity index (χ1v) is 12.2. The molecule has 3 N–H and O–H groups in total. The number of hydrogen-bond donors (Lipinski definition) is 2. The number of likely N-dealkylation sites (tertiary alicyclic amines) is 1. The molecule has 1 amide bonds. The minimum absolute atomic E-state index is 0.184. The number of carbonyl (C=O) groups excluding carboxylic acids is 1. The number of pyridine rings is 1. The number of alkyl halides is 3. The number of benzene rings is 1. The van der Waals surface area contributed by atoms with Crippen LogP contribution < -0.4 is 11.1 Å². The zero-order valence-corrected chi connectivity index (χ0v) is 20.6. The van der Waals surface area contributed by atoms with Crippen LogP contribution in [0.3, 0.4) is 0 Å². The van der Waals surface area contributed by atoms with Crippen LogP contribution in [-0.4, -0.2) is 43.2 Å². The zero-order chi connectivity index (χ0) is 26.9. The minimum Gasteiger partial charge on any atom is -0.377 e. The highest BCUT2D eigenvalue weighted by molar-refractivity contribution is 6.04. The Morgan fingerprint density at radius 3 is 2.63 bits per heavy atom. The fraction of sp³-hybridized carbons (Fsp3) is 0.259. The first-order chi connectivity index (χ1) is 18.2. The smallest absolute Gasteiger partial charge is 0.377 e. The summed E-state index contributed by atoms with van der Waals surface area (Å²) in [6.07, 6.45) is 4.32. The molecule has 4 aromatic rings. The van der Waals surface area contributed by atoms with Crippen molar-refractivity contribution in [1.29, 1.82) is 0 Å². The lowest BCUT2D eigenvalue weighted by Gasteiger charge is -2.31. The standard InChI is InChI=1S/C27H26F3N7O/c1-2-13-36-14-3-4-19(16-36)23-21-10-12-33-26(31)37(21)24(35-23)17-5-7-18(8-6-17)25(38)34-22-15-20(9-11-32-22)27(28,29)30/h2,5-13,15,19H,3-4,14,16H2,1H3,(H2,31,33)(H,32,34,38). The molecular formula is C27H26F3N7O. The molecule has 8 nitrogen and oxygen atoms in total. The summed E-state index contributed by atoms with van der Waals surface area (Å²) in [5, 5.41) is 2.42. The van der Waals surface area contributed by atoms with Crippen LogP contribution in [0.4, 0.5) is 24.9 Å². The Hall–Kier alpha value is -4.41. The summed E-state index contributed by atoms with van der Waals surface area (Å²) >= 11 is 0. The summed E-state index contributed by atoms with van der Waals surface area (Å²) in [5.41, 5.74) is 8.18. The molecule has 38 heavy (non-hydrogen) atoms. The molecule has 0 spiro atoms. The molecule has 1 saturated heterocycles. The van der Waals surface area contributed by atoms with Crippen LogP contribution in [0.25, 0.3) is 16.9 Å². The van der Waals surface area contributed by atoms with Gasteiger partial charge in [0.15, 0.2) is 0 Å². The van der Waals surface area contributed by atoms with Crippen LogP contribution in [0.5, 0.6) is 0 Å². The van der Waals surface area contributed by atoms with Crippen molar-refractivity contribution in [2.24, 2.45) is 0 Å². The Kier molecular flexibility index (Phi) is 6.75. The molecule has 1 atom stereocenters. The minimum atomic E-state index is -4.53. The number of rotatable bonds is 5. The van der Waals surface area contributed by atoms with Gasteiger partial charge >= 0.3 is 6.18 Å². The third-order valence-corrected chi connectivity index (χ3v) is 6.54. The summed E-state index contributed by atoms with van der Waals surface area (Å²) in [5.74, 6) is 0.362. The van der Waals surface area contributed by atoms with Gasteiger partial charge in [-0.2, -0.15) is 13.2 Å². The molecule has 5 rings (SSSR count). The maximum absolute atomic E-state index is 13.0. The van der Waals surface area contributed by atoms with E-state index in [2.05, 4.69) is 26.4 Å². The Balaban J connectivity index is 1.43. The number of nitrogens with zero attached hydrogens (tertiary/aromatic N) is 5. The van der Waals surface area contributed by atoms with E-state index in [1.807, 2.05) is 23.5 Å². The number of nitrogens with one attached hydrogen (secondary N) is 1. The number of hydrogen-bond acceptors (Lipinski definition) is 6. The Labute approximate surface area is 217 Å².